The lowest BCUT2D eigenvalue weighted by atomic mass is 10.0. The molecular weight excluding hydrogens is 1730 g/mol. The summed E-state index contributed by atoms with van der Waals surface area (Å²) in [5.41, 5.74) is 5.91. The molecule has 7 aliphatic heterocycles. The molecule has 1 unspecified atom stereocenters. The number of halogens is 3. The number of rotatable bonds is 16. The summed E-state index contributed by atoms with van der Waals surface area (Å²) in [5, 5.41) is 33.7. The average Bonchev–Trinajstić information content (AvgIpc) is 0.836. The molecule has 138 heavy (non-hydrogen) atoms. The molecule has 3 atom stereocenters. The SMILES string of the molecule is CC(C)(C)N1CCN(CCC#N)CC1.CC(C)(C)N1CCN(Cc2ccncc2)CC1.CC(C)(C)N1CCN(c2cccc(C(F)(F)F)c2)CC1.CC(C)(C)N1CCN(c2ccccc2)CC1.CC(C)(C)NCCO.CC1CN(C(C)(C)C)CCN1.CCN(CC)C(C)(C)C.CN(C)CCN(C)C(C)(C)C.CN(C)CCNC(C)(C)C.C[C@@H]1CN(C(C)(C)C)CCN1.C[C@H]1CN(C(C)(C)C)CCN1. The van der Waals surface area contributed by atoms with Gasteiger partial charge in [-0.05, 0) is 346 Å². The molecule has 2 aromatic carbocycles. The highest BCUT2D eigenvalue weighted by atomic mass is 19.4. The second kappa shape index (κ2) is 64.0. The molecule has 0 spiro atoms. The van der Waals surface area contributed by atoms with Gasteiger partial charge < -0.3 is 56.2 Å². The topological polar surface area (TPSA) is 166 Å². The Balaban J connectivity index is 0.00000151. The normalized spacial score (nSPS) is 19.7. The number of hydrogen-bond acceptors (Lipinski definition) is 23. The van der Waals surface area contributed by atoms with Gasteiger partial charge in [-0.3, -0.25) is 54.0 Å². The summed E-state index contributed by atoms with van der Waals surface area (Å²) in [7, 11) is 10.6. The van der Waals surface area contributed by atoms with E-state index in [-0.39, 0.29) is 23.2 Å². The number of likely N-dealkylation sites (N-methyl/N-ethyl adjacent to an activating group) is 3. The predicted molar refractivity (Wildman–Crippen MR) is 595 cm³/mol. The molecule has 8 heterocycles. The van der Waals surface area contributed by atoms with Crippen LogP contribution in [0.15, 0.2) is 79.1 Å². The second-order valence-corrected chi connectivity index (χ2v) is 50.4. The lowest BCUT2D eigenvalue weighted by Crippen LogP contribution is -2.55. The number of anilines is 2. The third-order valence-electron chi connectivity index (χ3n) is 26.1. The van der Waals surface area contributed by atoms with Crippen LogP contribution in [0.1, 0.15) is 281 Å². The van der Waals surface area contributed by atoms with Crippen LogP contribution in [0.5, 0.6) is 0 Å². The highest BCUT2D eigenvalue weighted by Crippen LogP contribution is 2.33. The van der Waals surface area contributed by atoms with E-state index in [1.165, 1.54) is 102 Å². The Hall–Kier alpha value is -4.29. The second-order valence-electron chi connectivity index (χ2n) is 50.4. The number of nitrogens with zero attached hydrogens (tertiary/aromatic N) is 17. The Kier molecular flexibility index (Phi) is 62.0. The molecule has 808 valence electrons. The van der Waals surface area contributed by atoms with Crippen molar-refractivity contribution in [3.63, 3.8) is 0 Å². The number of alkyl halides is 3. The monoisotopic (exact) mass is 1950 g/mol. The molecule has 0 radical (unpaired) electrons. The summed E-state index contributed by atoms with van der Waals surface area (Å²) in [5.74, 6) is 0. The van der Waals surface area contributed by atoms with Gasteiger partial charge in [-0.1, -0.05) is 38.1 Å². The van der Waals surface area contributed by atoms with Gasteiger partial charge >= 0.3 is 6.18 Å². The lowest BCUT2D eigenvalue weighted by molar-refractivity contribution is -0.137. The number of piperazine rings is 7. The van der Waals surface area contributed by atoms with Crippen LogP contribution in [-0.4, -0.2) is 411 Å². The molecule has 6 N–H and O–H groups in total. The van der Waals surface area contributed by atoms with E-state index >= 15 is 0 Å². The smallest absolute Gasteiger partial charge is 0.395 e. The summed E-state index contributed by atoms with van der Waals surface area (Å²) < 4.78 is 38.2. The maximum atomic E-state index is 12.7. The van der Waals surface area contributed by atoms with Crippen molar-refractivity contribution in [3.8, 4) is 6.07 Å². The average molecular weight is 1950 g/mol. The number of nitriles is 1. The van der Waals surface area contributed by atoms with Gasteiger partial charge in [0, 0.05) is 319 Å². The van der Waals surface area contributed by atoms with E-state index in [4.69, 9.17) is 10.4 Å². The molecule has 10 rings (SSSR count). The summed E-state index contributed by atoms with van der Waals surface area (Å²) in [6.45, 7) is 122. The van der Waals surface area contributed by atoms with Crippen LogP contribution in [0.25, 0.3) is 0 Å². The number of pyridine rings is 1. The van der Waals surface area contributed by atoms with Gasteiger partial charge in [0.25, 0.3) is 0 Å². The van der Waals surface area contributed by atoms with Crippen molar-refractivity contribution in [2.24, 2.45) is 0 Å². The van der Waals surface area contributed by atoms with Gasteiger partial charge in [0.05, 0.1) is 18.2 Å². The zero-order valence-electron chi connectivity index (χ0n) is 97.9. The number of hydrogen-bond donors (Lipinski definition) is 6. The van der Waals surface area contributed by atoms with Crippen molar-refractivity contribution >= 4 is 11.4 Å². The third kappa shape index (κ3) is 63.2. The molecule has 23 nitrogen and oxygen atoms in total. The first kappa shape index (κ1) is 134. The van der Waals surface area contributed by atoms with Crippen LogP contribution < -0.4 is 36.4 Å². The maximum Gasteiger partial charge on any atom is 0.416 e. The minimum atomic E-state index is -4.27. The molecule has 0 aliphatic carbocycles. The highest BCUT2D eigenvalue weighted by Gasteiger charge is 2.35. The summed E-state index contributed by atoms with van der Waals surface area (Å²) >= 11 is 0. The van der Waals surface area contributed by atoms with Gasteiger partial charge in [0.15, 0.2) is 0 Å². The van der Waals surface area contributed by atoms with Crippen LogP contribution in [0.4, 0.5) is 24.5 Å². The number of aliphatic hydroxyl groups excluding tert-OH is 1. The van der Waals surface area contributed by atoms with Crippen molar-refractivity contribution in [1.82, 2.24) is 95.3 Å². The van der Waals surface area contributed by atoms with Crippen molar-refractivity contribution < 1.29 is 18.3 Å². The summed E-state index contributed by atoms with van der Waals surface area (Å²) in [6, 6.07) is 24.7. The Morgan fingerprint density at radius 3 is 1.01 bits per heavy atom. The fourth-order valence-corrected chi connectivity index (χ4v) is 16.5. The standard InChI is InChI=1S/C15H21F3N2.C14H23N3.C14H22N2.C11H21N3.3C9H20N2.C9H22N2.C8H20N2.C8H19N.C6H15NO/c1-14(2,3)20-9-7-19(8-10-20)13-6-4-5-12(11-13)15(16,17)18;1-14(2,3)17-10-8-16(9-11-17)12-13-4-6-15-7-5-13;1-14(2,3)16-11-9-15(10-12-16)13-7-5-4-6-8-13;1-11(2,3)14-9-7-13(8-10-14)6-4-5-12;3*1-8-7-11(6-5-10-8)9(2,3)4;1-9(2,3)11(6)8-7-10(4)5;1-8(2,3)9-6-7-10(4)5;1-6-9(7-2)8(3,4)5;1-6(2,3)7-4-5-8/h4-6,11H,7-10H2,1-3H3;4-7H,8-12H2,1-3H3;4-8H,9-12H2,1-3H3;4,6-10H2,1-3H3;3*8,10H,5-7H2,1-4H3;7-8H2,1-6H3;9H,6-7H2,1-5H3;6-7H2,1-5H3;7-8H,4-5H2,1-3H3/t;;;;2*8-;;;;;/m....10...../s1. The van der Waals surface area contributed by atoms with Gasteiger partial charge in [0.1, 0.15) is 0 Å². The zero-order chi connectivity index (χ0) is 106. The quantitative estimate of drug-likeness (QED) is 0.0801. The van der Waals surface area contributed by atoms with Crippen LogP contribution in [-0.2, 0) is 12.7 Å². The molecule has 26 heteroatoms. The lowest BCUT2D eigenvalue weighted by Gasteiger charge is -2.43. The number of nitrogens with one attached hydrogen (secondary N) is 5. The molecule has 0 saturated carbocycles. The van der Waals surface area contributed by atoms with E-state index in [1.807, 2.05) is 17.3 Å². The minimum Gasteiger partial charge on any atom is -0.395 e. The molecule has 7 aliphatic rings. The number of aromatic nitrogens is 1. The van der Waals surface area contributed by atoms with Crippen molar-refractivity contribution in [3.05, 3.63) is 90.3 Å². The first-order chi connectivity index (χ1) is 63.2. The number of para-hydroxylation sites is 1. The van der Waals surface area contributed by atoms with Crippen molar-refractivity contribution in [2.45, 2.75) is 361 Å². The number of benzene rings is 2. The van der Waals surface area contributed by atoms with Crippen LogP contribution >= 0.6 is 0 Å². The van der Waals surface area contributed by atoms with Crippen molar-refractivity contribution in [2.75, 3.05) is 268 Å². The van der Waals surface area contributed by atoms with Gasteiger partial charge in [-0.15, -0.1) is 0 Å². The molecule has 0 bridgehead atoms. The van der Waals surface area contributed by atoms with E-state index in [2.05, 4.69) is 447 Å². The zero-order valence-corrected chi connectivity index (χ0v) is 97.9. The first-order valence-corrected chi connectivity index (χ1v) is 52.9. The number of β-amino-alcohol motifs (C(OH)–C–C–N with tert-alkyl or cyclic N) is 1. The Morgan fingerprint density at radius 2 is 0.732 bits per heavy atom. The molecular formula is C112H223F3N22O. The van der Waals surface area contributed by atoms with E-state index < -0.39 is 11.7 Å². The van der Waals surface area contributed by atoms with Gasteiger partial charge in [-0.2, -0.15) is 18.4 Å². The van der Waals surface area contributed by atoms with Gasteiger partial charge in [-0.25, -0.2) is 0 Å². The van der Waals surface area contributed by atoms with E-state index in [1.54, 1.807) is 6.07 Å². The van der Waals surface area contributed by atoms with Crippen molar-refractivity contribution in [1.29, 1.82) is 5.26 Å². The minimum absolute atomic E-state index is 0.111. The highest BCUT2D eigenvalue weighted by molar-refractivity contribution is 5.50. The summed E-state index contributed by atoms with van der Waals surface area (Å²) in [4.78, 5) is 40.3. The fourth-order valence-electron chi connectivity index (χ4n) is 16.5. The first-order valence-electron chi connectivity index (χ1n) is 52.9. The molecule has 7 fully saturated rings. The largest absolute Gasteiger partial charge is 0.416 e. The Labute approximate surface area is 850 Å². The fraction of sp³-hybridized carbons (Fsp3) is 0.839. The van der Waals surface area contributed by atoms with Crippen LogP contribution in [0, 0.1) is 11.3 Å². The van der Waals surface area contributed by atoms with Crippen LogP contribution in [0.3, 0.4) is 0 Å². The maximum absolute atomic E-state index is 12.7. The predicted octanol–water partition coefficient (Wildman–Crippen LogP) is 17.5. The van der Waals surface area contributed by atoms with E-state index in [9.17, 15) is 13.2 Å². The molecule has 7 saturated heterocycles. The van der Waals surface area contributed by atoms with Gasteiger partial charge in [0.2, 0.25) is 0 Å². The summed E-state index contributed by atoms with van der Waals surface area (Å²) in [6.07, 6.45) is 0.139. The van der Waals surface area contributed by atoms with E-state index in [0.29, 0.717) is 81.1 Å². The molecule has 0 amide bonds. The van der Waals surface area contributed by atoms with Crippen LogP contribution in [0.2, 0.25) is 0 Å². The number of aliphatic hydroxyl groups is 1. The third-order valence-corrected chi connectivity index (χ3v) is 26.1. The van der Waals surface area contributed by atoms with E-state index in [0.717, 1.165) is 144 Å². The molecule has 1 aromatic heterocycles. The Bertz CT molecular complexity index is 3450. The Morgan fingerprint density at radius 1 is 0.399 bits per heavy atom. The molecule has 3 aromatic rings.